The molecule has 0 saturated carbocycles. The van der Waals surface area contributed by atoms with Gasteiger partial charge in [-0.25, -0.2) is 4.79 Å². The maximum atomic E-state index is 12.3. The van der Waals surface area contributed by atoms with Gasteiger partial charge in [0.1, 0.15) is 24.0 Å². The van der Waals surface area contributed by atoms with Crippen molar-refractivity contribution in [1.29, 1.82) is 5.26 Å². The van der Waals surface area contributed by atoms with Gasteiger partial charge in [-0.15, -0.1) is 0 Å². The summed E-state index contributed by atoms with van der Waals surface area (Å²) in [6, 6.07) is 13.2. The van der Waals surface area contributed by atoms with Crippen molar-refractivity contribution in [2.24, 2.45) is 0 Å². The maximum Gasteiger partial charge on any atom is 0.410 e. The number of benzene rings is 2. The molecule has 34 heavy (non-hydrogen) atoms. The van der Waals surface area contributed by atoms with Gasteiger partial charge >= 0.3 is 6.09 Å². The molecular formula is C25H24N4O5. The molecule has 1 fully saturated rings. The van der Waals surface area contributed by atoms with Crippen molar-refractivity contribution in [1.82, 2.24) is 15.0 Å². The zero-order valence-corrected chi connectivity index (χ0v) is 18.9. The molecule has 0 radical (unpaired) electrons. The largest absolute Gasteiger partial charge is 0.490 e. The third-order valence-corrected chi connectivity index (χ3v) is 6.34. The number of carbonyl (C=O) groups excluding carboxylic acids is 1. The minimum atomic E-state index is -0.592. The highest BCUT2D eigenvalue weighted by atomic mass is 16.6. The summed E-state index contributed by atoms with van der Waals surface area (Å²) in [5.41, 5.74) is 3.27. The average molecular weight is 460 g/mol. The first-order valence-corrected chi connectivity index (χ1v) is 11.2. The van der Waals surface area contributed by atoms with Crippen LogP contribution in [-0.2, 0) is 16.7 Å². The summed E-state index contributed by atoms with van der Waals surface area (Å²) >= 11 is 0. The van der Waals surface area contributed by atoms with Gasteiger partial charge in [-0.2, -0.15) is 10.2 Å². The molecule has 1 spiro atoms. The standard InChI is InChI=1S/C25H24N4O5/c1-15(2)33-21-7-6-16(12-17(21)13-26)23-27-22(28-34-23)19-4-3-5-20-18(19)8-9-25(20)14-32-24(31)29(25)10-11-30/h3-7,12,15,30H,8-11,14H2,1-2H3. The molecule has 1 aliphatic heterocycles. The summed E-state index contributed by atoms with van der Waals surface area (Å²) in [6.45, 7) is 4.14. The Morgan fingerprint density at radius 1 is 1.32 bits per heavy atom. The van der Waals surface area contributed by atoms with Crippen molar-refractivity contribution < 1.29 is 23.9 Å². The minimum absolute atomic E-state index is 0.0507. The van der Waals surface area contributed by atoms with Crippen molar-refractivity contribution in [3.8, 4) is 34.7 Å². The number of aliphatic hydroxyl groups is 1. The molecule has 0 bridgehead atoms. The minimum Gasteiger partial charge on any atom is -0.490 e. The molecule has 1 aliphatic carbocycles. The van der Waals surface area contributed by atoms with E-state index in [4.69, 9.17) is 14.0 Å². The van der Waals surface area contributed by atoms with E-state index in [0.29, 0.717) is 41.4 Å². The molecule has 3 aromatic rings. The Labute approximate surface area is 196 Å². The fraction of sp³-hybridized carbons (Fsp3) is 0.360. The SMILES string of the molecule is CC(C)Oc1ccc(-c2nc(-c3cccc4c3CCC43COC(=O)N3CCO)no2)cc1C#N. The number of aliphatic hydroxyl groups excluding tert-OH is 1. The Hall–Kier alpha value is -3.90. The van der Waals surface area contributed by atoms with E-state index in [1.54, 1.807) is 23.1 Å². The molecule has 1 unspecified atom stereocenters. The lowest BCUT2D eigenvalue weighted by Gasteiger charge is -2.32. The number of carbonyl (C=O) groups is 1. The van der Waals surface area contributed by atoms with Crippen molar-refractivity contribution in [2.45, 2.75) is 38.3 Å². The normalized spacial score (nSPS) is 18.9. The Balaban J connectivity index is 1.50. The number of nitrogens with zero attached hydrogens (tertiary/aromatic N) is 4. The predicted octanol–water partition coefficient (Wildman–Crippen LogP) is 3.65. The van der Waals surface area contributed by atoms with Crippen LogP contribution >= 0.6 is 0 Å². The summed E-state index contributed by atoms with van der Waals surface area (Å²) in [6.07, 6.45) is 0.949. The van der Waals surface area contributed by atoms with Crippen LogP contribution in [-0.4, -0.2) is 52.1 Å². The van der Waals surface area contributed by atoms with E-state index < -0.39 is 11.6 Å². The highest BCUT2D eigenvalue weighted by Crippen LogP contribution is 2.47. The van der Waals surface area contributed by atoms with E-state index in [0.717, 1.165) is 16.7 Å². The van der Waals surface area contributed by atoms with Crippen molar-refractivity contribution in [3.63, 3.8) is 0 Å². The number of hydrogen-bond donors (Lipinski definition) is 1. The van der Waals surface area contributed by atoms with Crippen LogP contribution in [0.1, 0.15) is 37.0 Å². The molecule has 9 nitrogen and oxygen atoms in total. The van der Waals surface area contributed by atoms with Crippen LogP contribution in [0.5, 0.6) is 5.75 Å². The third-order valence-electron chi connectivity index (χ3n) is 6.34. The number of rotatable bonds is 6. The fourth-order valence-electron chi connectivity index (χ4n) is 4.87. The lowest BCUT2D eigenvalue weighted by Crippen LogP contribution is -2.44. The molecule has 1 saturated heterocycles. The Morgan fingerprint density at radius 2 is 2.18 bits per heavy atom. The van der Waals surface area contributed by atoms with Gasteiger partial charge in [-0.1, -0.05) is 23.4 Å². The van der Waals surface area contributed by atoms with Gasteiger partial charge in [0.05, 0.1) is 18.3 Å². The number of nitriles is 1. The van der Waals surface area contributed by atoms with Crippen molar-refractivity contribution in [3.05, 3.63) is 53.1 Å². The Bertz CT molecular complexity index is 1290. The molecular weight excluding hydrogens is 436 g/mol. The fourth-order valence-corrected chi connectivity index (χ4v) is 4.87. The lowest BCUT2D eigenvalue weighted by atomic mass is 9.90. The van der Waals surface area contributed by atoms with Crippen LogP contribution in [0.15, 0.2) is 40.9 Å². The van der Waals surface area contributed by atoms with Gasteiger partial charge < -0.3 is 19.1 Å². The third kappa shape index (κ3) is 3.47. The van der Waals surface area contributed by atoms with Gasteiger partial charge in [-0.3, -0.25) is 4.90 Å². The Morgan fingerprint density at radius 3 is 2.94 bits per heavy atom. The molecule has 2 aliphatic rings. The van der Waals surface area contributed by atoms with Crippen molar-refractivity contribution >= 4 is 6.09 Å². The zero-order chi connectivity index (χ0) is 23.9. The molecule has 174 valence electrons. The number of hydrogen-bond acceptors (Lipinski definition) is 8. The second-order valence-electron chi connectivity index (χ2n) is 8.71. The van der Waals surface area contributed by atoms with Gasteiger partial charge in [0, 0.05) is 17.7 Å². The monoisotopic (exact) mass is 460 g/mol. The van der Waals surface area contributed by atoms with Gasteiger partial charge in [0.15, 0.2) is 0 Å². The van der Waals surface area contributed by atoms with Crippen LogP contribution < -0.4 is 4.74 Å². The number of fused-ring (bicyclic) bond motifs is 2. The number of aromatic nitrogens is 2. The molecule has 2 aromatic carbocycles. The second kappa shape index (κ2) is 8.47. The zero-order valence-electron chi connectivity index (χ0n) is 18.9. The second-order valence-corrected chi connectivity index (χ2v) is 8.71. The highest BCUT2D eigenvalue weighted by Gasteiger charge is 2.52. The van der Waals surface area contributed by atoms with Crippen LogP contribution in [0.4, 0.5) is 4.79 Å². The smallest absolute Gasteiger partial charge is 0.410 e. The maximum absolute atomic E-state index is 12.3. The molecule has 1 N–H and O–H groups in total. The van der Waals surface area contributed by atoms with Crippen LogP contribution in [0.2, 0.25) is 0 Å². The number of ether oxygens (including phenoxy) is 2. The first-order valence-electron chi connectivity index (χ1n) is 11.2. The van der Waals surface area contributed by atoms with Gasteiger partial charge in [0.25, 0.3) is 5.89 Å². The van der Waals surface area contributed by atoms with E-state index >= 15 is 0 Å². The van der Waals surface area contributed by atoms with Gasteiger partial charge in [-0.05, 0) is 56.0 Å². The molecule has 1 amide bonds. The quantitative estimate of drug-likeness (QED) is 0.592. The molecule has 5 rings (SSSR count). The number of cyclic esters (lactones) is 1. The van der Waals surface area contributed by atoms with Crippen LogP contribution in [0, 0.1) is 11.3 Å². The topological polar surface area (TPSA) is 122 Å². The summed E-state index contributed by atoms with van der Waals surface area (Å²) in [5.74, 6) is 1.24. The first-order chi connectivity index (χ1) is 16.5. The van der Waals surface area contributed by atoms with E-state index in [1.807, 2.05) is 32.0 Å². The summed E-state index contributed by atoms with van der Waals surface area (Å²) in [5, 5.41) is 23.2. The molecule has 1 aromatic heterocycles. The van der Waals surface area contributed by atoms with Gasteiger partial charge in [0.2, 0.25) is 5.82 Å². The summed E-state index contributed by atoms with van der Waals surface area (Å²) in [7, 11) is 0. The van der Waals surface area contributed by atoms with E-state index in [1.165, 1.54) is 0 Å². The molecule has 1 atom stereocenters. The van der Waals surface area contributed by atoms with E-state index in [9.17, 15) is 15.2 Å². The van der Waals surface area contributed by atoms with Crippen LogP contribution in [0.25, 0.3) is 22.8 Å². The van der Waals surface area contributed by atoms with E-state index in [2.05, 4.69) is 16.2 Å². The predicted molar refractivity (Wildman–Crippen MR) is 121 cm³/mol. The van der Waals surface area contributed by atoms with Crippen LogP contribution in [0.3, 0.4) is 0 Å². The first kappa shape index (κ1) is 21.9. The molecule has 2 heterocycles. The Kier molecular flexibility index (Phi) is 5.46. The lowest BCUT2D eigenvalue weighted by molar-refractivity contribution is 0.128. The highest BCUT2D eigenvalue weighted by molar-refractivity contribution is 5.74. The van der Waals surface area contributed by atoms with Crippen molar-refractivity contribution in [2.75, 3.05) is 19.8 Å². The average Bonchev–Trinajstić information content (AvgIpc) is 3.54. The molecule has 9 heteroatoms. The van der Waals surface area contributed by atoms with E-state index in [-0.39, 0.29) is 25.9 Å². The summed E-state index contributed by atoms with van der Waals surface area (Å²) < 4.78 is 16.6. The number of β-amino-alcohol motifs (C(OH)–C–C–N with tert-alkyl or cyclic N) is 1. The summed E-state index contributed by atoms with van der Waals surface area (Å²) in [4.78, 5) is 18.5. The number of amides is 1.